The van der Waals surface area contributed by atoms with Crippen LogP contribution in [0.1, 0.15) is 39.4 Å². The Bertz CT molecular complexity index is 507. The van der Waals surface area contributed by atoms with Crippen LogP contribution in [0.3, 0.4) is 0 Å². The van der Waals surface area contributed by atoms with E-state index in [1.165, 1.54) is 26.4 Å². The zero-order valence-electron chi connectivity index (χ0n) is 11.6. The van der Waals surface area contributed by atoms with Gasteiger partial charge in [0, 0.05) is 22.3 Å². The van der Waals surface area contributed by atoms with E-state index in [2.05, 4.69) is 63.3 Å². The maximum absolute atomic E-state index is 3.59. The zero-order chi connectivity index (χ0) is 13.1. The Labute approximate surface area is 114 Å². The van der Waals surface area contributed by atoms with Crippen molar-refractivity contribution in [1.29, 1.82) is 0 Å². The van der Waals surface area contributed by atoms with E-state index in [1.54, 1.807) is 0 Å². The SMILES string of the molecule is Cc1cc(C)cc(CNC(C)c2ccc(C)s2)c1. The molecule has 0 spiro atoms. The molecule has 0 fully saturated rings. The molecule has 96 valence electrons. The first-order valence-electron chi connectivity index (χ1n) is 6.41. The van der Waals surface area contributed by atoms with E-state index in [9.17, 15) is 0 Å². The third kappa shape index (κ3) is 3.44. The Balaban J connectivity index is 1.99. The minimum absolute atomic E-state index is 0.421. The molecule has 1 N–H and O–H groups in total. The first-order valence-corrected chi connectivity index (χ1v) is 7.23. The van der Waals surface area contributed by atoms with Crippen LogP contribution in [0, 0.1) is 20.8 Å². The maximum Gasteiger partial charge on any atom is 0.0388 e. The van der Waals surface area contributed by atoms with Gasteiger partial charge in [0.1, 0.15) is 0 Å². The van der Waals surface area contributed by atoms with Gasteiger partial charge in [0.05, 0.1) is 0 Å². The van der Waals surface area contributed by atoms with Gasteiger partial charge in [0.2, 0.25) is 0 Å². The smallest absolute Gasteiger partial charge is 0.0388 e. The van der Waals surface area contributed by atoms with Crippen LogP contribution in [0.25, 0.3) is 0 Å². The van der Waals surface area contributed by atoms with Gasteiger partial charge in [-0.3, -0.25) is 0 Å². The van der Waals surface area contributed by atoms with E-state index in [-0.39, 0.29) is 0 Å². The monoisotopic (exact) mass is 259 g/mol. The van der Waals surface area contributed by atoms with E-state index in [1.807, 2.05) is 11.3 Å². The van der Waals surface area contributed by atoms with Crippen molar-refractivity contribution in [2.24, 2.45) is 0 Å². The number of hydrogen-bond donors (Lipinski definition) is 1. The average molecular weight is 259 g/mol. The fraction of sp³-hybridized carbons (Fsp3) is 0.375. The summed E-state index contributed by atoms with van der Waals surface area (Å²) < 4.78 is 0. The highest BCUT2D eigenvalue weighted by atomic mass is 32.1. The summed E-state index contributed by atoms with van der Waals surface area (Å²) in [5, 5.41) is 3.59. The molecule has 1 aromatic carbocycles. The minimum atomic E-state index is 0.421. The van der Waals surface area contributed by atoms with E-state index in [4.69, 9.17) is 0 Å². The Morgan fingerprint density at radius 3 is 2.28 bits per heavy atom. The molecule has 0 radical (unpaired) electrons. The topological polar surface area (TPSA) is 12.0 Å². The minimum Gasteiger partial charge on any atom is -0.305 e. The molecule has 2 heteroatoms. The lowest BCUT2D eigenvalue weighted by Gasteiger charge is -2.13. The molecule has 1 nitrogen and oxygen atoms in total. The lowest BCUT2D eigenvalue weighted by atomic mass is 10.1. The number of aryl methyl sites for hydroxylation is 3. The van der Waals surface area contributed by atoms with E-state index < -0.39 is 0 Å². The molecule has 0 saturated carbocycles. The Morgan fingerprint density at radius 2 is 1.72 bits per heavy atom. The number of nitrogens with one attached hydrogen (secondary N) is 1. The van der Waals surface area contributed by atoms with Crippen molar-refractivity contribution in [3.63, 3.8) is 0 Å². The Kier molecular flexibility index (Phi) is 4.20. The molecule has 0 aliphatic heterocycles. The highest BCUT2D eigenvalue weighted by Gasteiger charge is 2.07. The molecule has 1 heterocycles. The maximum atomic E-state index is 3.59. The lowest BCUT2D eigenvalue weighted by molar-refractivity contribution is 0.582. The van der Waals surface area contributed by atoms with Crippen LogP contribution in [0.5, 0.6) is 0 Å². The van der Waals surface area contributed by atoms with Gasteiger partial charge in [0.25, 0.3) is 0 Å². The van der Waals surface area contributed by atoms with E-state index in [0.717, 1.165) is 6.54 Å². The third-order valence-corrected chi connectivity index (χ3v) is 4.27. The molecular weight excluding hydrogens is 238 g/mol. The van der Waals surface area contributed by atoms with Crippen molar-refractivity contribution in [1.82, 2.24) is 5.32 Å². The summed E-state index contributed by atoms with van der Waals surface area (Å²) in [5.74, 6) is 0. The highest BCUT2D eigenvalue weighted by molar-refractivity contribution is 7.12. The van der Waals surface area contributed by atoms with Crippen molar-refractivity contribution < 1.29 is 0 Å². The largest absolute Gasteiger partial charge is 0.305 e. The van der Waals surface area contributed by atoms with Crippen molar-refractivity contribution in [2.75, 3.05) is 0 Å². The summed E-state index contributed by atoms with van der Waals surface area (Å²) in [6.07, 6.45) is 0. The third-order valence-electron chi connectivity index (χ3n) is 3.08. The number of rotatable bonds is 4. The molecule has 2 rings (SSSR count). The van der Waals surface area contributed by atoms with Gasteiger partial charge in [-0.1, -0.05) is 29.3 Å². The normalized spacial score (nSPS) is 12.7. The quantitative estimate of drug-likeness (QED) is 0.851. The van der Waals surface area contributed by atoms with Crippen LogP contribution < -0.4 is 5.32 Å². The second-order valence-electron chi connectivity index (χ2n) is 5.05. The summed E-state index contributed by atoms with van der Waals surface area (Å²) in [6.45, 7) is 9.63. The molecule has 0 bridgehead atoms. The predicted molar refractivity (Wildman–Crippen MR) is 80.2 cm³/mol. The van der Waals surface area contributed by atoms with Gasteiger partial charge in [0.15, 0.2) is 0 Å². The van der Waals surface area contributed by atoms with Gasteiger partial charge in [-0.25, -0.2) is 0 Å². The summed E-state index contributed by atoms with van der Waals surface area (Å²) in [6, 6.07) is 11.6. The molecule has 2 aromatic rings. The molecule has 1 unspecified atom stereocenters. The highest BCUT2D eigenvalue weighted by Crippen LogP contribution is 2.22. The molecule has 0 saturated heterocycles. The van der Waals surface area contributed by atoms with Crippen LogP contribution in [0.15, 0.2) is 30.3 Å². The lowest BCUT2D eigenvalue weighted by Crippen LogP contribution is -2.17. The Hall–Kier alpha value is -1.12. The van der Waals surface area contributed by atoms with Crippen molar-refractivity contribution in [3.8, 4) is 0 Å². The summed E-state index contributed by atoms with van der Waals surface area (Å²) >= 11 is 1.87. The molecule has 18 heavy (non-hydrogen) atoms. The van der Waals surface area contributed by atoms with Crippen LogP contribution in [-0.2, 0) is 6.54 Å². The van der Waals surface area contributed by atoms with Gasteiger partial charge < -0.3 is 5.32 Å². The predicted octanol–water partition coefficient (Wildman–Crippen LogP) is 4.52. The van der Waals surface area contributed by atoms with Crippen molar-refractivity contribution in [3.05, 3.63) is 56.8 Å². The van der Waals surface area contributed by atoms with Crippen LogP contribution in [0.2, 0.25) is 0 Å². The van der Waals surface area contributed by atoms with Crippen molar-refractivity contribution in [2.45, 2.75) is 40.3 Å². The molecule has 0 aliphatic rings. The standard InChI is InChI=1S/C16H21NS/c1-11-7-12(2)9-15(8-11)10-17-14(4)16-6-5-13(3)18-16/h5-9,14,17H,10H2,1-4H3. The Morgan fingerprint density at radius 1 is 1.06 bits per heavy atom. The van der Waals surface area contributed by atoms with Gasteiger partial charge in [-0.05, 0) is 45.4 Å². The zero-order valence-corrected chi connectivity index (χ0v) is 12.4. The molecule has 0 amide bonds. The van der Waals surface area contributed by atoms with Crippen LogP contribution in [0.4, 0.5) is 0 Å². The molecular formula is C16H21NS. The molecule has 1 atom stereocenters. The fourth-order valence-corrected chi connectivity index (χ4v) is 3.13. The van der Waals surface area contributed by atoms with E-state index >= 15 is 0 Å². The van der Waals surface area contributed by atoms with Crippen molar-refractivity contribution >= 4 is 11.3 Å². The average Bonchev–Trinajstić information content (AvgIpc) is 2.71. The van der Waals surface area contributed by atoms with Crippen LogP contribution in [-0.4, -0.2) is 0 Å². The van der Waals surface area contributed by atoms with E-state index in [0.29, 0.717) is 6.04 Å². The van der Waals surface area contributed by atoms with Gasteiger partial charge in [-0.15, -0.1) is 11.3 Å². The molecule has 0 aliphatic carbocycles. The van der Waals surface area contributed by atoms with Gasteiger partial charge >= 0.3 is 0 Å². The van der Waals surface area contributed by atoms with Gasteiger partial charge in [-0.2, -0.15) is 0 Å². The fourth-order valence-electron chi connectivity index (χ4n) is 2.23. The first kappa shape index (κ1) is 13.3. The second-order valence-corrected chi connectivity index (χ2v) is 6.37. The summed E-state index contributed by atoms with van der Waals surface area (Å²) in [7, 11) is 0. The number of benzene rings is 1. The summed E-state index contributed by atoms with van der Waals surface area (Å²) in [5.41, 5.74) is 4.05. The number of hydrogen-bond acceptors (Lipinski definition) is 2. The van der Waals surface area contributed by atoms with Crippen LogP contribution >= 0.6 is 11.3 Å². The number of thiophene rings is 1. The molecule has 1 aromatic heterocycles. The summed E-state index contributed by atoms with van der Waals surface area (Å²) in [4.78, 5) is 2.79. The first-order chi connectivity index (χ1) is 8.54. The second kappa shape index (κ2) is 5.68.